The Morgan fingerprint density at radius 1 is 0.900 bits per heavy atom. The van der Waals surface area contributed by atoms with Crippen LogP contribution in [0.25, 0.3) is 33.5 Å². The topological polar surface area (TPSA) is 79.8 Å². The quantitative estimate of drug-likeness (QED) is 0.296. The summed E-state index contributed by atoms with van der Waals surface area (Å²) in [6.45, 7) is 5.43. The molecule has 6 nitrogen and oxygen atoms in total. The third-order valence-electron chi connectivity index (χ3n) is 8.96. The fourth-order valence-corrected chi connectivity index (χ4v) is 6.92. The summed E-state index contributed by atoms with van der Waals surface area (Å²) >= 11 is 0. The molecule has 0 atom stereocenters. The van der Waals surface area contributed by atoms with E-state index in [1.165, 1.54) is 41.5 Å². The zero-order chi connectivity index (χ0) is 27.4. The number of carbonyl (C=O) groups is 1. The Hall–Kier alpha value is -4.06. The normalized spacial score (nSPS) is 17.0. The van der Waals surface area contributed by atoms with Gasteiger partial charge in [-0.05, 0) is 72.2 Å². The molecule has 202 valence electrons. The molecule has 1 aliphatic carbocycles. The lowest BCUT2D eigenvalue weighted by molar-refractivity contribution is 0.0697. The summed E-state index contributed by atoms with van der Waals surface area (Å²) in [7, 11) is 0. The van der Waals surface area contributed by atoms with E-state index >= 15 is 0 Å². The second-order valence-corrected chi connectivity index (χ2v) is 11.6. The molecule has 3 aliphatic rings. The van der Waals surface area contributed by atoms with Gasteiger partial charge in [-0.15, -0.1) is 0 Å². The van der Waals surface area contributed by atoms with Crippen LogP contribution in [-0.2, 0) is 25.9 Å². The molecule has 2 aliphatic heterocycles. The van der Waals surface area contributed by atoms with Crippen LogP contribution in [0.3, 0.4) is 0 Å². The van der Waals surface area contributed by atoms with Crippen LogP contribution in [0.5, 0.6) is 0 Å². The molecule has 0 unspecified atom stereocenters. The van der Waals surface area contributed by atoms with Gasteiger partial charge in [0.2, 0.25) is 0 Å². The first-order valence-corrected chi connectivity index (χ1v) is 14.5. The van der Waals surface area contributed by atoms with Crippen molar-refractivity contribution in [1.29, 1.82) is 0 Å². The number of carboxylic acid groups (broad SMARTS) is 1. The smallest absolute Gasteiger partial charge is 0.336 e. The van der Waals surface area contributed by atoms with E-state index in [1.807, 2.05) is 13.1 Å². The number of aryl methyl sites for hydroxylation is 1. The Morgan fingerprint density at radius 3 is 2.45 bits per heavy atom. The molecular formula is C34H34N4O2. The van der Waals surface area contributed by atoms with E-state index in [4.69, 9.17) is 4.98 Å². The molecule has 0 saturated heterocycles. The molecule has 3 heterocycles. The van der Waals surface area contributed by atoms with E-state index in [9.17, 15) is 9.90 Å². The van der Waals surface area contributed by atoms with Crippen molar-refractivity contribution in [3.63, 3.8) is 0 Å². The van der Waals surface area contributed by atoms with Gasteiger partial charge in [0.1, 0.15) is 5.82 Å². The highest BCUT2D eigenvalue weighted by Gasteiger charge is 2.28. The summed E-state index contributed by atoms with van der Waals surface area (Å²) in [6.07, 6.45) is 9.48. The third kappa shape index (κ3) is 4.17. The van der Waals surface area contributed by atoms with Gasteiger partial charge in [0.15, 0.2) is 0 Å². The first-order valence-electron chi connectivity index (χ1n) is 14.5. The SMILES string of the molecule is CC1=NCc2ccc(-c3nc4c(-c5ccc6c(c5)CC=NC6)c(C(=O)O)c(C)cc4n3C3CCCCC3)cc2C1. The summed E-state index contributed by atoms with van der Waals surface area (Å²) in [5.41, 5.74) is 11.8. The monoisotopic (exact) mass is 530 g/mol. The number of hydrogen-bond donors (Lipinski definition) is 1. The second-order valence-electron chi connectivity index (χ2n) is 11.6. The molecule has 3 aromatic carbocycles. The van der Waals surface area contributed by atoms with Crippen molar-refractivity contribution in [2.45, 2.75) is 77.9 Å². The van der Waals surface area contributed by atoms with E-state index in [2.05, 4.69) is 63.9 Å². The highest BCUT2D eigenvalue weighted by atomic mass is 16.4. The fraction of sp³-hybridized carbons (Fsp3) is 0.353. The Balaban J connectivity index is 1.50. The Labute approximate surface area is 234 Å². The summed E-state index contributed by atoms with van der Waals surface area (Å²) in [5, 5.41) is 10.4. The van der Waals surface area contributed by atoms with E-state index in [1.54, 1.807) is 0 Å². The highest BCUT2D eigenvalue weighted by Crippen LogP contribution is 2.42. The van der Waals surface area contributed by atoms with Crippen LogP contribution in [-0.4, -0.2) is 32.6 Å². The highest BCUT2D eigenvalue weighted by molar-refractivity contribution is 6.08. The van der Waals surface area contributed by atoms with Crippen molar-refractivity contribution < 1.29 is 9.90 Å². The van der Waals surface area contributed by atoms with Crippen molar-refractivity contribution in [2.24, 2.45) is 9.98 Å². The van der Waals surface area contributed by atoms with E-state index < -0.39 is 5.97 Å². The van der Waals surface area contributed by atoms with Crippen molar-refractivity contribution >= 4 is 28.9 Å². The van der Waals surface area contributed by atoms with Gasteiger partial charge in [0, 0.05) is 41.9 Å². The number of rotatable bonds is 4. The number of imidazole rings is 1. The zero-order valence-electron chi connectivity index (χ0n) is 23.2. The molecule has 1 saturated carbocycles. The van der Waals surface area contributed by atoms with Crippen LogP contribution < -0.4 is 0 Å². The molecule has 6 heteroatoms. The Kier molecular flexibility index (Phi) is 6.14. The van der Waals surface area contributed by atoms with Gasteiger partial charge < -0.3 is 9.67 Å². The molecule has 4 aromatic rings. The Bertz CT molecular complexity index is 1740. The van der Waals surface area contributed by atoms with Crippen molar-refractivity contribution in [1.82, 2.24) is 9.55 Å². The lowest BCUT2D eigenvalue weighted by atomic mass is 9.90. The third-order valence-corrected chi connectivity index (χ3v) is 8.96. The predicted octanol–water partition coefficient (Wildman–Crippen LogP) is 7.53. The largest absolute Gasteiger partial charge is 0.478 e. The number of fused-ring (bicyclic) bond motifs is 3. The number of aromatic carboxylic acids is 1. The minimum atomic E-state index is -0.911. The number of benzene rings is 3. The summed E-state index contributed by atoms with van der Waals surface area (Å²) < 4.78 is 2.44. The predicted molar refractivity (Wildman–Crippen MR) is 161 cm³/mol. The molecule has 1 fully saturated rings. The number of hydrogen-bond acceptors (Lipinski definition) is 4. The summed E-state index contributed by atoms with van der Waals surface area (Å²) in [5.74, 6) is 0.0316. The fourth-order valence-electron chi connectivity index (χ4n) is 6.92. The molecular weight excluding hydrogens is 496 g/mol. The number of aliphatic imine (C=N–C) groups is 2. The van der Waals surface area contributed by atoms with Crippen LogP contribution in [0, 0.1) is 6.92 Å². The van der Waals surface area contributed by atoms with E-state index in [0.717, 1.165) is 77.1 Å². The van der Waals surface area contributed by atoms with Crippen LogP contribution in [0.15, 0.2) is 52.4 Å². The first-order chi connectivity index (χ1) is 19.5. The average molecular weight is 531 g/mol. The number of aromatic nitrogens is 2. The molecule has 0 spiro atoms. The van der Waals surface area contributed by atoms with Gasteiger partial charge >= 0.3 is 5.97 Å². The first kappa shape index (κ1) is 24.9. The number of carboxylic acids is 1. The van der Waals surface area contributed by atoms with E-state index in [0.29, 0.717) is 18.2 Å². The standard InChI is InChI=1S/C34H34N4O2/c1-20-14-29-32(31(30(20)34(39)40)23-8-10-25-18-35-13-12-22(25)16-23)37-33(38(29)28-6-4-3-5-7-28)24-9-11-26-19-36-21(2)15-27(26)17-24/h8-11,13-14,16-17,28H,3-7,12,15,18-19H2,1-2H3,(H,39,40). The molecule has 0 amide bonds. The number of nitrogens with zero attached hydrogens (tertiary/aromatic N) is 4. The average Bonchev–Trinajstić information content (AvgIpc) is 3.35. The van der Waals surface area contributed by atoms with Gasteiger partial charge in [-0.25, -0.2) is 9.78 Å². The summed E-state index contributed by atoms with van der Waals surface area (Å²) in [6, 6.07) is 15.4. The molecule has 1 N–H and O–H groups in total. The van der Waals surface area contributed by atoms with E-state index in [-0.39, 0.29) is 0 Å². The lowest BCUT2D eigenvalue weighted by Gasteiger charge is -2.26. The molecule has 40 heavy (non-hydrogen) atoms. The maximum Gasteiger partial charge on any atom is 0.336 e. The van der Waals surface area contributed by atoms with Gasteiger partial charge in [-0.2, -0.15) is 0 Å². The molecule has 1 aromatic heterocycles. The van der Waals surface area contributed by atoms with Crippen LogP contribution in [0.4, 0.5) is 0 Å². The molecule has 7 rings (SSSR count). The molecule has 0 radical (unpaired) electrons. The minimum absolute atomic E-state index is 0.342. The van der Waals surface area contributed by atoms with Gasteiger partial charge in [-0.3, -0.25) is 9.98 Å². The minimum Gasteiger partial charge on any atom is -0.478 e. The van der Waals surface area contributed by atoms with Gasteiger partial charge in [0.05, 0.1) is 29.7 Å². The van der Waals surface area contributed by atoms with Crippen LogP contribution in [0.1, 0.15) is 83.2 Å². The lowest BCUT2D eigenvalue weighted by Crippen LogP contribution is -2.15. The van der Waals surface area contributed by atoms with Crippen LogP contribution in [0.2, 0.25) is 0 Å². The van der Waals surface area contributed by atoms with Gasteiger partial charge in [0.25, 0.3) is 0 Å². The maximum absolute atomic E-state index is 12.7. The molecule has 0 bridgehead atoms. The second kappa shape index (κ2) is 9.84. The maximum atomic E-state index is 12.7. The zero-order valence-corrected chi connectivity index (χ0v) is 23.2. The van der Waals surface area contributed by atoms with Crippen LogP contribution >= 0.6 is 0 Å². The summed E-state index contributed by atoms with van der Waals surface area (Å²) in [4.78, 5) is 27.1. The van der Waals surface area contributed by atoms with Gasteiger partial charge in [-0.1, -0.05) is 49.6 Å². The van der Waals surface area contributed by atoms with Crippen molar-refractivity contribution in [3.05, 3.63) is 75.8 Å². The Morgan fingerprint density at radius 2 is 1.65 bits per heavy atom. The van der Waals surface area contributed by atoms with Crippen molar-refractivity contribution in [3.8, 4) is 22.5 Å². The van der Waals surface area contributed by atoms with Crippen molar-refractivity contribution in [2.75, 3.05) is 0 Å².